The third-order valence-corrected chi connectivity index (χ3v) is 4.75. The highest BCUT2D eigenvalue weighted by Gasteiger charge is 2.18. The van der Waals surface area contributed by atoms with Crippen molar-refractivity contribution < 1.29 is 8.42 Å². The Kier molecular flexibility index (Phi) is 2.87. The van der Waals surface area contributed by atoms with Crippen LogP contribution in [0.2, 0.25) is 0 Å². The largest absolute Gasteiger partial charge is 0.399 e. The highest BCUT2D eigenvalue weighted by atomic mass is 32.2. The Morgan fingerprint density at radius 1 is 1.35 bits per heavy atom. The molecular weight excluding hydrogens is 236 g/mol. The van der Waals surface area contributed by atoms with Gasteiger partial charge in [0, 0.05) is 24.3 Å². The Balaban J connectivity index is 2.77. The van der Waals surface area contributed by atoms with Crippen LogP contribution >= 0.6 is 0 Å². The average molecular weight is 252 g/mol. The van der Waals surface area contributed by atoms with Crippen LogP contribution in [0.1, 0.15) is 13.3 Å². The van der Waals surface area contributed by atoms with Gasteiger partial charge in [0.05, 0.1) is 16.2 Å². The van der Waals surface area contributed by atoms with Crippen LogP contribution in [0.5, 0.6) is 0 Å². The van der Waals surface area contributed by atoms with Crippen LogP contribution in [-0.2, 0) is 16.9 Å². The Labute approximate surface area is 101 Å². The molecule has 0 fully saturated rings. The molecule has 0 bridgehead atoms. The van der Waals surface area contributed by atoms with Crippen LogP contribution in [0.3, 0.4) is 0 Å². The molecule has 0 aliphatic heterocycles. The molecule has 0 saturated carbocycles. The molecule has 0 aliphatic carbocycles. The Morgan fingerprint density at radius 3 is 2.71 bits per heavy atom. The molecule has 1 aromatic carbocycles. The molecule has 2 aromatic rings. The third-order valence-electron chi connectivity index (χ3n) is 2.80. The predicted molar refractivity (Wildman–Crippen MR) is 69.7 cm³/mol. The smallest absolute Gasteiger partial charge is 0.179 e. The predicted octanol–water partition coefficient (Wildman–Crippen LogP) is 1.94. The Hall–Kier alpha value is -1.49. The van der Waals surface area contributed by atoms with Crippen molar-refractivity contribution in [3.63, 3.8) is 0 Å². The molecule has 0 spiro atoms. The lowest BCUT2D eigenvalue weighted by molar-refractivity contribution is 0.595. The Morgan fingerprint density at radius 2 is 2.06 bits per heavy atom. The molecule has 2 rings (SSSR count). The standard InChI is InChI=1S/C12H16N2O2S/c1-3-6-17(15,16)12-8-9(13)7-11-10(12)4-5-14(11)2/h4-5,7-8H,3,6,13H2,1-2H3. The first kappa shape index (κ1) is 12.0. The van der Waals surface area contributed by atoms with E-state index in [2.05, 4.69) is 0 Å². The van der Waals surface area contributed by atoms with Crippen LogP contribution in [0, 0.1) is 0 Å². The topological polar surface area (TPSA) is 65.1 Å². The quantitative estimate of drug-likeness (QED) is 0.849. The van der Waals surface area contributed by atoms with Crippen molar-refractivity contribution in [2.24, 2.45) is 7.05 Å². The SMILES string of the molecule is CCCS(=O)(=O)c1cc(N)cc2c1ccn2C. The van der Waals surface area contributed by atoms with E-state index in [0.717, 1.165) is 10.9 Å². The summed E-state index contributed by atoms with van der Waals surface area (Å²) >= 11 is 0. The van der Waals surface area contributed by atoms with Gasteiger partial charge in [0.25, 0.3) is 0 Å². The Bertz CT molecular complexity index is 656. The molecule has 1 aromatic heterocycles. The summed E-state index contributed by atoms with van der Waals surface area (Å²) in [6.07, 6.45) is 2.44. The van der Waals surface area contributed by atoms with Crippen molar-refractivity contribution in [2.45, 2.75) is 18.2 Å². The van der Waals surface area contributed by atoms with E-state index < -0.39 is 9.84 Å². The van der Waals surface area contributed by atoms with E-state index in [1.165, 1.54) is 0 Å². The molecule has 0 amide bonds. The van der Waals surface area contributed by atoms with Gasteiger partial charge in [-0.15, -0.1) is 0 Å². The average Bonchev–Trinajstić information content (AvgIpc) is 2.59. The summed E-state index contributed by atoms with van der Waals surface area (Å²) in [5.74, 6) is 0.153. The summed E-state index contributed by atoms with van der Waals surface area (Å²) in [5.41, 5.74) is 7.10. The van der Waals surface area contributed by atoms with Gasteiger partial charge in [0.2, 0.25) is 0 Å². The lowest BCUT2D eigenvalue weighted by Gasteiger charge is -2.07. The number of nitrogens with zero attached hydrogens (tertiary/aromatic N) is 1. The molecule has 2 N–H and O–H groups in total. The van der Waals surface area contributed by atoms with Gasteiger partial charge in [-0.1, -0.05) is 6.92 Å². The van der Waals surface area contributed by atoms with E-state index in [-0.39, 0.29) is 5.75 Å². The van der Waals surface area contributed by atoms with E-state index in [0.29, 0.717) is 17.0 Å². The number of aromatic nitrogens is 1. The maximum absolute atomic E-state index is 12.1. The summed E-state index contributed by atoms with van der Waals surface area (Å²) in [4.78, 5) is 0.343. The molecule has 5 heteroatoms. The number of anilines is 1. The first-order valence-electron chi connectivity index (χ1n) is 5.53. The van der Waals surface area contributed by atoms with E-state index in [1.54, 1.807) is 12.1 Å². The number of nitrogens with two attached hydrogens (primary N) is 1. The number of hydrogen-bond donors (Lipinski definition) is 1. The van der Waals surface area contributed by atoms with Crippen LogP contribution in [-0.4, -0.2) is 18.7 Å². The zero-order valence-corrected chi connectivity index (χ0v) is 10.8. The fourth-order valence-electron chi connectivity index (χ4n) is 1.99. The van der Waals surface area contributed by atoms with Gasteiger partial charge in [-0.05, 0) is 24.6 Å². The molecule has 0 atom stereocenters. The fourth-order valence-corrected chi connectivity index (χ4v) is 3.58. The number of nitrogen functional groups attached to an aromatic ring is 1. The highest BCUT2D eigenvalue weighted by molar-refractivity contribution is 7.91. The maximum atomic E-state index is 12.1. The summed E-state index contributed by atoms with van der Waals surface area (Å²) in [7, 11) is -1.37. The van der Waals surface area contributed by atoms with Crippen molar-refractivity contribution >= 4 is 26.4 Å². The number of fused-ring (bicyclic) bond motifs is 1. The van der Waals surface area contributed by atoms with Crippen molar-refractivity contribution in [3.8, 4) is 0 Å². The minimum atomic E-state index is -3.24. The normalized spacial score (nSPS) is 12.1. The number of hydrogen-bond acceptors (Lipinski definition) is 3. The van der Waals surface area contributed by atoms with Crippen LogP contribution in [0.4, 0.5) is 5.69 Å². The number of rotatable bonds is 3. The first-order chi connectivity index (χ1) is 7.95. The van der Waals surface area contributed by atoms with Crippen molar-refractivity contribution in [1.29, 1.82) is 0 Å². The van der Waals surface area contributed by atoms with Gasteiger partial charge in [-0.25, -0.2) is 8.42 Å². The van der Waals surface area contributed by atoms with Crippen LogP contribution < -0.4 is 5.73 Å². The van der Waals surface area contributed by atoms with Gasteiger partial charge in [-0.3, -0.25) is 0 Å². The molecule has 1 heterocycles. The molecule has 0 saturated heterocycles. The minimum absolute atomic E-state index is 0.153. The second-order valence-electron chi connectivity index (χ2n) is 4.20. The molecule has 17 heavy (non-hydrogen) atoms. The van der Waals surface area contributed by atoms with Crippen molar-refractivity contribution in [1.82, 2.24) is 4.57 Å². The van der Waals surface area contributed by atoms with E-state index in [1.807, 2.05) is 30.8 Å². The lowest BCUT2D eigenvalue weighted by Crippen LogP contribution is -2.07. The summed E-state index contributed by atoms with van der Waals surface area (Å²) < 4.78 is 26.2. The second kappa shape index (κ2) is 4.07. The molecular formula is C12H16N2O2S. The van der Waals surface area contributed by atoms with E-state index in [4.69, 9.17) is 5.73 Å². The summed E-state index contributed by atoms with van der Waals surface area (Å²) in [5, 5.41) is 0.746. The summed E-state index contributed by atoms with van der Waals surface area (Å²) in [6.45, 7) is 1.85. The van der Waals surface area contributed by atoms with E-state index in [9.17, 15) is 8.42 Å². The number of sulfone groups is 1. The number of benzene rings is 1. The van der Waals surface area contributed by atoms with Gasteiger partial charge < -0.3 is 10.3 Å². The molecule has 0 unspecified atom stereocenters. The fraction of sp³-hybridized carbons (Fsp3) is 0.333. The second-order valence-corrected chi connectivity index (χ2v) is 6.27. The van der Waals surface area contributed by atoms with Gasteiger partial charge in [0.15, 0.2) is 9.84 Å². The zero-order chi connectivity index (χ0) is 12.6. The van der Waals surface area contributed by atoms with E-state index >= 15 is 0 Å². The molecule has 0 aliphatic rings. The minimum Gasteiger partial charge on any atom is -0.399 e. The molecule has 4 nitrogen and oxygen atoms in total. The number of aryl methyl sites for hydroxylation is 1. The molecule has 0 radical (unpaired) electrons. The monoisotopic (exact) mass is 252 g/mol. The lowest BCUT2D eigenvalue weighted by atomic mass is 10.2. The third kappa shape index (κ3) is 2.02. The van der Waals surface area contributed by atoms with Crippen LogP contribution in [0.15, 0.2) is 29.3 Å². The van der Waals surface area contributed by atoms with Gasteiger partial charge >= 0.3 is 0 Å². The van der Waals surface area contributed by atoms with Gasteiger partial charge in [-0.2, -0.15) is 0 Å². The van der Waals surface area contributed by atoms with Crippen LogP contribution in [0.25, 0.3) is 10.9 Å². The first-order valence-corrected chi connectivity index (χ1v) is 7.18. The van der Waals surface area contributed by atoms with Gasteiger partial charge in [0.1, 0.15) is 0 Å². The highest BCUT2D eigenvalue weighted by Crippen LogP contribution is 2.27. The summed E-state index contributed by atoms with van der Waals surface area (Å²) in [6, 6.07) is 5.16. The molecule has 92 valence electrons. The maximum Gasteiger partial charge on any atom is 0.179 e. The zero-order valence-electron chi connectivity index (χ0n) is 9.97. The van der Waals surface area contributed by atoms with Crippen molar-refractivity contribution in [3.05, 3.63) is 24.4 Å². The van der Waals surface area contributed by atoms with Crippen molar-refractivity contribution in [2.75, 3.05) is 11.5 Å².